The minimum absolute atomic E-state index is 0.0318. The van der Waals surface area contributed by atoms with Crippen molar-refractivity contribution in [2.45, 2.75) is 107 Å². The van der Waals surface area contributed by atoms with Crippen LogP contribution in [0.2, 0.25) is 0 Å². The van der Waals surface area contributed by atoms with Gasteiger partial charge in [-0.25, -0.2) is 8.78 Å². The zero-order valence-electron chi connectivity index (χ0n) is 23.9. The van der Waals surface area contributed by atoms with Crippen LogP contribution in [-0.2, 0) is 28.7 Å². The number of piperidine rings is 1. The lowest BCUT2D eigenvalue weighted by molar-refractivity contribution is -0.190. The number of alkyl halides is 5. The van der Waals surface area contributed by atoms with Gasteiger partial charge in [0.15, 0.2) is 0 Å². The zero-order valence-corrected chi connectivity index (χ0v) is 23.9. The van der Waals surface area contributed by atoms with Crippen LogP contribution < -0.4 is 21.7 Å². The molecule has 5 aliphatic rings. The molecule has 5 fully saturated rings. The molecule has 43 heavy (non-hydrogen) atoms. The summed E-state index contributed by atoms with van der Waals surface area (Å²) < 4.78 is 71.7. The van der Waals surface area contributed by atoms with Crippen LogP contribution in [0, 0.1) is 23.2 Å². The third-order valence-corrected chi connectivity index (χ3v) is 9.93. The largest absolute Gasteiger partial charge is 0.471 e. The van der Waals surface area contributed by atoms with Gasteiger partial charge in [0, 0.05) is 30.8 Å². The maximum atomic E-state index is 13.8. The molecule has 7 atom stereocenters. The normalized spacial score (nSPS) is 31.7. The zero-order chi connectivity index (χ0) is 31.9. The van der Waals surface area contributed by atoms with Crippen molar-refractivity contribution in [2.75, 3.05) is 6.54 Å². The van der Waals surface area contributed by atoms with Gasteiger partial charge in [-0.3, -0.25) is 24.0 Å². The second kappa shape index (κ2) is 10.3. The molecule has 3 aliphatic carbocycles. The summed E-state index contributed by atoms with van der Waals surface area (Å²) in [6.07, 6.45) is -7.14. The van der Waals surface area contributed by atoms with Gasteiger partial charge in [-0.1, -0.05) is 13.8 Å². The van der Waals surface area contributed by atoms with Gasteiger partial charge in [0.2, 0.25) is 23.6 Å². The summed E-state index contributed by atoms with van der Waals surface area (Å²) >= 11 is 0. The van der Waals surface area contributed by atoms with Crippen LogP contribution in [0.25, 0.3) is 0 Å². The lowest BCUT2D eigenvalue weighted by Gasteiger charge is -2.39. The fourth-order valence-corrected chi connectivity index (χ4v) is 7.12. The molecular formula is C27H36F5N5O6. The van der Waals surface area contributed by atoms with Gasteiger partial charge in [0.25, 0.3) is 5.92 Å². The van der Waals surface area contributed by atoms with E-state index in [1.165, 1.54) is 6.92 Å². The van der Waals surface area contributed by atoms with E-state index in [0.717, 1.165) is 17.7 Å². The van der Waals surface area contributed by atoms with Crippen molar-refractivity contribution in [3.05, 3.63) is 0 Å². The molecule has 16 heteroatoms. The summed E-state index contributed by atoms with van der Waals surface area (Å²) in [7, 11) is 0. The Kier molecular flexibility index (Phi) is 7.49. The first-order valence-corrected chi connectivity index (χ1v) is 14.4. The Balaban J connectivity index is 1.33. The first kappa shape index (κ1) is 31.4. The number of hydrogen-bond acceptors (Lipinski definition) is 6. The van der Waals surface area contributed by atoms with Crippen molar-refractivity contribution in [1.29, 1.82) is 0 Å². The monoisotopic (exact) mass is 621 g/mol. The molecule has 2 aliphatic heterocycles. The van der Waals surface area contributed by atoms with Crippen molar-refractivity contribution < 1.29 is 50.7 Å². The second-order valence-corrected chi connectivity index (χ2v) is 13.4. The summed E-state index contributed by atoms with van der Waals surface area (Å²) in [5.41, 5.74) is 4.86. The van der Waals surface area contributed by atoms with Gasteiger partial charge in [-0.15, -0.1) is 0 Å². The Morgan fingerprint density at radius 3 is 2.26 bits per heavy atom. The van der Waals surface area contributed by atoms with Crippen molar-refractivity contribution in [3.63, 3.8) is 0 Å². The van der Waals surface area contributed by atoms with E-state index in [1.807, 2.05) is 13.8 Å². The molecular weight excluding hydrogens is 585 g/mol. The highest BCUT2D eigenvalue weighted by molar-refractivity contribution is 5.96. The second-order valence-electron chi connectivity index (χ2n) is 13.4. The Labute approximate surface area is 244 Å². The van der Waals surface area contributed by atoms with Gasteiger partial charge in [-0.2, -0.15) is 13.2 Å². The highest BCUT2D eigenvalue weighted by Crippen LogP contribution is 2.65. The minimum atomic E-state index is -5.35. The van der Waals surface area contributed by atoms with E-state index in [2.05, 4.69) is 10.6 Å². The van der Waals surface area contributed by atoms with Gasteiger partial charge in [-0.05, 0) is 49.9 Å². The van der Waals surface area contributed by atoms with Crippen LogP contribution in [0.4, 0.5) is 22.0 Å². The van der Waals surface area contributed by atoms with Gasteiger partial charge in [0.1, 0.15) is 18.1 Å². The molecule has 2 heterocycles. The number of carbonyl (C=O) groups excluding carboxylic acids is 5. The number of carbonyl (C=O) groups is 5. The molecule has 5 rings (SSSR count). The summed E-state index contributed by atoms with van der Waals surface area (Å²) in [4.78, 5) is 65.1. The standard InChI is InChI=1S/C27H36F5N5O6/c1-11(43-13-8-26(28,29)9-13)17(35-23(42)27(30,31)32)22(41)37-10-14-16(24(14,2)3)18(37)21(40)34-15(19(33)38)6-12-7-25(4-5-25)36-20(12)39/h11-18H,4-10H2,1-3H3,(H2,33,38)(H,34,40)(H,35,42)(H,36,39)/t11-,12-,14+,15+,16+,17+,18+/m1/s1. The number of ether oxygens (including phenoxy) is 1. The quantitative estimate of drug-likeness (QED) is 0.264. The summed E-state index contributed by atoms with van der Waals surface area (Å²) in [5, 5.41) is 7.09. The molecule has 2 saturated heterocycles. The molecule has 0 bridgehead atoms. The molecule has 11 nitrogen and oxygen atoms in total. The maximum Gasteiger partial charge on any atom is 0.471 e. The summed E-state index contributed by atoms with van der Waals surface area (Å²) in [6.45, 7) is 4.88. The number of halogens is 5. The maximum absolute atomic E-state index is 13.8. The Hall–Kier alpha value is -3.04. The van der Waals surface area contributed by atoms with Crippen LogP contribution in [0.5, 0.6) is 0 Å². The highest BCUT2D eigenvalue weighted by atomic mass is 19.4. The number of nitrogens with two attached hydrogens (primary N) is 1. The lowest BCUT2D eigenvalue weighted by Crippen LogP contribution is -2.62. The molecule has 3 saturated carbocycles. The van der Waals surface area contributed by atoms with Gasteiger partial charge < -0.3 is 31.3 Å². The van der Waals surface area contributed by atoms with E-state index in [1.54, 1.807) is 5.32 Å². The fraction of sp³-hybridized carbons (Fsp3) is 0.815. The number of fused-ring (bicyclic) bond motifs is 1. The van der Waals surface area contributed by atoms with E-state index in [9.17, 15) is 45.9 Å². The lowest BCUT2D eigenvalue weighted by atomic mass is 9.90. The predicted octanol–water partition coefficient (Wildman–Crippen LogP) is 0.748. The van der Waals surface area contributed by atoms with E-state index in [-0.39, 0.29) is 30.3 Å². The van der Waals surface area contributed by atoms with Crippen LogP contribution in [0.1, 0.15) is 59.3 Å². The third kappa shape index (κ3) is 6.03. The van der Waals surface area contributed by atoms with Crippen LogP contribution in [-0.4, -0.2) is 89.0 Å². The van der Waals surface area contributed by atoms with Crippen molar-refractivity contribution >= 4 is 29.5 Å². The smallest absolute Gasteiger partial charge is 0.372 e. The number of nitrogens with one attached hydrogen (secondary N) is 3. The molecule has 1 spiro atoms. The fourth-order valence-electron chi connectivity index (χ4n) is 7.12. The minimum Gasteiger partial charge on any atom is -0.372 e. The Bertz CT molecular complexity index is 1220. The molecule has 0 aromatic rings. The summed E-state index contributed by atoms with van der Waals surface area (Å²) in [5.74, 6) is -9.60. The number of nitrogens with zero attached hydrogens (tertiary/aromatic N) is 1. The van der Waals surface area contributed by atoms with Crippen LogP contribution in [0.15, 0.2) is 0 Å². The Morgan fingerprint density at radius 2 is 1.74 bits per heavy atom. The van der Waals surface area contributed by atoms with Gasteiger partial charge >= 0.3 is 12.1 Å². The van der Waals surface area contributed by atoms with Crippen molar-refractivity contribution in [2.24, 2.45) is 28.9 Å². The van der Waals surface area contributed by atoms with Crippen molar-refractivity contribution in [3.8, 4) is 0 Å². The number of rotatable bonds is 10. The highest BCUT2D eigenvalue weighted by Gasteiger charge is 2.70. The van der Waals surface area contributed by atoms with E-state index in [0.29, 0.717) is 6.42 Å². The van der Waals surface area contributed by atoms with Crippen molar-refractivity contribution in [1.82, 2.24) is 20.9 Å². The van der Waals surface area contributed by atoms with E-state index in [4.69, 9.17) is 10.5 Å². The molecule has 240 valence electrons. The number of primary amides is 1. The SMILES string of the molecule is C[C@@H](OC1CC(F)(F)C1)[C@H](NC(=O)C(F)(F)F)C(=O)N1C[C@H]2[C@@H]([C@H]1C(=O)N[C@@H](C[C@@H]1CC3(CC3)NC1=O)C(N)=O)C2(C)C. The predicted molar refractivity (Wildman–Crippen MR) is 137 cm³/mol. The molecule has 5 amide bonds. The number of amides is 5. The van der Waals surface area contributed by atoms with E-state index >= 15 is 0 Å². The van der Waals surface area contributed by atoms with E-state index < -0.39 is 96.2 Å². The molecule has 0 aromatic carbocycles. The number of likely N-dealkylation sites (tertiary alicyclic amines) is 1. The Morgan fingerprint density at radius 1 is 1.12 bits per heavy atom. The third-order valence-electron chi connectivity index (χ3n) is 9.93. The molecule has 0 aromatic heterocycles. The van der Waals surface area contributed by atoms with Crippen LogP contribution >= 0.6 is 0 Å². The van der Waals surface area contributed by atoms with Gasteiger partial charge in [0.05, 0.1) is 12.2 Å². The first-order chi connectivity index (χ1) is 19.7. The summed E-state index contributed by atoms with van der Waals surface area (Å²) in [6, 6.07) is -4.42. The topological polar surface area (TPSA) is 160 Å². The number of hydrogen-bond donors (Lipinski definition) is 4. The molecule has 0 unspecified atom stereocenters. The molecule has 5 N–H and O–H groups in total. The first-order valence-electron chi connectivity index (χ1n) is 14.4. The molecule has 0 radical (unpaired) electrons. The average molecular weight is 622 g/mol. The average Bonchev–Trinajstić information content (AvgIpc) is 3.58. The van der Waals surface area contributed by atoms with Crippen LogP contribution in [0.3, 0.4) is 0 Å².